The number of methoxy groups -OCH3 is 1. The summed E-state index contributed by atoms with van der Waals surface area (Å²) in [6.45, 7) is 9.62. The smallest absolute Gasteiger partial charge is 0.123 e. The molecule has 4 nitrogen and oxygen atoms in total. The van der Waals surface area contributed by atoms with Crippen LogP contribution in [0, 0.1) is 0 Å². The van der Waals surface area contributed by atoms with E-state index in [1.807, 2.05) is 0 Å². The van der Waals surface area contributed by atoms with Crippen LogP contribution in [0.15, 0.2) is 18.2 Å². The van der Waals surface area contributed by atoms with Crippen LogP contribution in [0.5, 0.6) is 5.75 Å². The molecule has 1 N–H and O–H groups in total. The summed E-state index contributed by atoms with van der Waals surface area (Å²) < 4.78 is 5.51. The molecule has 2 rings (SSSR count). The van der Waals surface area contributed by atoms with E-state index in [2.05, 4.69) is 47.3 Å². The number of benzene rings is 1. The lowest BCUT2D eigenvalue weighted by molar-refractivity contribution is 0.147. The Morgan fingerprint density at radius 2 is 1.95 bits per heavy atom. The van der Waals surface area contributed by atoms with Gasteiger partial charge in [-0.05, 0) is 31.3 Å². The molecule has 1 heterocycles. The van der Waals surface area contributed by atoms with E-state index in [-0.39, 0.29) is 0 Å². The monoisotopic (exact) mass is 277 g/mol. The van der Waals surface area contributed by atoms with E-state index in [0.29, 0.717) is 0 Å². The molecule has 0 atom stereocenters. The molecule has 0 bridgehead atoms. The van der Waals surface area contributed by atoms with Gasteiger partial charge in [-0.15, -0.1) is 0 Å². The average molecular weight is 277 g/mol. The Morgan fingerprint density at radius 1 is 1.20 bits per heavy atom. The van der Waals surface area contributed by atoms with E-state index >= 15 is 0 Å². The van der Waals surface area contributed by atoms with Gasteiger partial charge in [-0.25, -0.2) is 0 Å². The molecule has 0 aliphatic carbocycles. The van der Waals surface area contributed by atoms with Gasteiger partial charge in [0.1, 0.15) is 5.75 Å². The number of ether oxygens (including phenoxy) is 1. The van der Waals surface area contributed by atoms with Gasteiger partial charge in [-0.2, -0.15) is 0 Å². The zero-order chi connectivity index (χ0) is 14.4. The first-order valence-corrected chi connectivity index (χ1v) is 7.50. The lowest BCUT2D eigenvalue weighted by atomic mass is 10.1. The van der Waals surface area contributed by atoms with Gasteiger partial charge in [0.15, 0.2) is 0 Å². The second-order valence-corrected chi connectivity index (χ2v) is 5.51. The number of nitrogens with one attached hydrogen (secondary N) is 1. The van der Waals surface area contributed by atoms with Crippen molar-refractivity contribution in [2.75, 3.05) is 46.9 Å². The molecule has 1 fully saturated rings. The molecule has 20 heavy (non-hydrogen) atoms. The predicted octanol–water partition coefficient (Wildman–Crippen LogP) is 1.55. The topological polar surface area (TPSA) is 27.7 Å². The first-order valence-electron chi connectivity index (χ1n) is 7.50. The largest absolute Gasteiger partial charge is 0.496 e. The molecule has 112 valence electrons. The van der Waals surface area contributed by atoms with Crippen LogP contribution in [0.1, 0.15) is 18.1 Å². The molecular weight excluding hydrogens is 250 g/mol. The highest BCUT2D eigenvalue weighted by Crippen LogP contribution is 2.22. The summed E-state index contributed by atoms with van der Waals surface area (Å²) in [5.74, 6) is 1.00. The van der Waals surface area contributed by atoms with E-state index in [1.54, 1.807) is 7.11 Å². The molecule has 0 spiro atoms. The summed E-state index contributed by atoms with van der Waals surface area (Å²) in [5.41, 5.74) is 2.63. The van der Waals surface area contributed by atoms with E-state index in [1.165, 1.54) is 11.1 Å². The Hall–Kier alpha value is -1.10. The van der Waals surface area contributed by atoms with Gasteiger partial charge >= 0.3 is 0 Å². The second-order valence-electron chi connectivity index (χ2n) is 5.51. The van der Waals surface area contributed by atoms with Crippen LogP contribution in [0.25, 0.3) is 0 Å². The summed E-state index contributed by atoms with van der Waals surface area (Å²) >= 11 is 0. The van der Waals surface area contributed by atoms with Crippen molar-refractivity contribution in [3.8, 4) is 5.75 Å². The normalized spacial score (nSPS) is 17.4. The van der Waals surface area contributed by atoms with Crippen molar-refractivity contribution < 1.29 is 4.74 Å². The standard InChI is InChI=1S/C16H27N3O/c1-4-17-12-14-5-6-16(20-3)15(11-14)13-19-9-7-18(2)8-10-19/h5-6,11,17H,4,7-10,12-13H2,1-3H3. The Kier molecular flexibility index (Phi) is 5.83. The minimum absolute atomic E-state index is 0.927. The highest BCUT2D eigenvalue weighted by molar-refractivity contribution is 5.37. The maximum absolute atomic E-state index is 5.51. The Balaban J connectivity index is 2.03. The molecule has 1 aliphatic heterocycles. The van der Waals surface area contributed by atoms with Gasteiger partial charge in [0.2, 0.25) is 0 Å². The van der Waals surface area contributed by atoms with Crippen molar-refractivity contribution in [3.63, 3.8) is 0 Å². The Labute approximate surface area is 122 Å². The van der Waals surface area contributed by atoms with Crippen LogP contribution >= 0.6 is 0 Å². The van der Waals surface area contributed by atoms with Gasteiger partial charge in [0, 0.05) is 44.8 Å². The van der Waals surface area contributed by atoms with Crippen LogP contribution in [-0.4, -0.2) is 56.7 Å². The van der Waals surface area contributed by atoms with Crippen LogP contribution in [-0.2, 0) is 13.1 Å². The number of piperazine rings is 1. The van der Waals surface area contributed by atoms with Crippen molar-refractivity contribution in [1.82, 2.24) is 15.1 Å². The fraction of sp³-hybridized carbons (Fsp3) is 0.625. The fourth-order valence-electron chi connectivity index (χ4n) is 2.58. The number of hydrogen-bond donors (Lipinski definition) is 1. The van der Waals surface area contributed by atoms with Crippen LogP contribution in [0.4, 0.5) is 0 Å². The molecule has 1 aromatic rings. The Morgan fingerprint density at radius 3 is 2.60 bits per heavy atom. The van der Waals surface area contributed by atoms with Gasteiger partial charge in [-0.3, -0.25) is 4.90 Å². The third-order valence-electron chi connectivity index (χ3n) is 3.91. The van der Waals surface area contributed by atoms with E-state index in [0.717, 1.165) is 51.6 Å². The van der Waals surface area contributed by atoms with Gasteiger partial charge < -0.3 is 15.0 Å². The minimum Gasteiger partial charge on any atom is -0.496 e. The highest BCUT2D eigenvalue weighted by atomic mass is 16.5. The molecule has 0 radical (unpaired) electrons. The molecule has 1 aromatic carbocycles. The number of likely N-dealkylation sites (N-methyl/N-ethyl adjacent to an activating group) is 1. The van der Waals surface area contributed by atoms with E-state index < -0.39 is 0 Å². The van der Waals surface area contributed by atoms with Gasteiger partial charge in [-0.1, -0.05) is 13.0 Å². The lowest BCUT2D eigenvalue weighted by Gasteiger charge is -2.32. The summed E-state index contributed by atoms with van der Waals surface area (Å²) in [5, 5.41) is 3.38. The number of nitrogens with zero attached hydrogens (tertiary/aromatic N) is 2. The first-order chi connectivity index (χ1) is 9.72. The maximum atomic E-state index is 5.51. The van der Waals surface area contributed by atoms with Crippen molar-refractivity contribution in [2.45, 2.75) is 20.0 Å². The quantitative estimate of drug-likeness (QED) is 0.854. The molecular formula is C16H27N3O. The van der Waals surface area contributed by atoms with E-state index in [9.17, 15) is 0 Å². The third-order valence-corrected chi connectivity index (χ3v) is 3.91. The van der Waals surface area contributed by atoms with Crippen molar-refractivity contribution in [1.29, 1.82) is 0 Å². The predicted molar refractivity (Wildman–Crippen MR) is 83.1 cm³/mol. The van der Waals surface area contributed by atoms with Crippen LogP contribution in [0.3, 0.4) is 0 Å². The zero-order valence-corrected chi connectivity index (χ0v) is 13.0. The molecule has 4 heteroatoms. The summed E-state index contributed by atoms with van der Waals surface area (Å²) in [7, 11) is 3.95. The molecule has 0 saturated carbocycles. The first kappa shape index (κ1) is 15.3. The van der Waals surface area contributed by atoms with E-state index in [4.69, 9.17) is 4.74 Å². The van der Waals surface area contributed by atoms with Crippen LogP contribution in [0.2, 0.25) is 0 Å². The zero-order valence-electron chi connectivity index (χ0n) is 13.0. The fourth-order valence-corrected chi connectivity index (χ4v) is 2.58. The minimum atomic E-state index is 0.927. The molecule has 1 aliphatic rings. The molecule has 0 aromatic heterocycles. The number of rotatable bonds is 6. The van der Waals surface area contributed by atoms with Gasteiger partial charge in [0.25, 0.3) is 0 Å². The SMILES string of the molecule is CCNCc1ccc(OC)c(CN2CCN(C)CC2)c1. The van der Waals surface area contributed by atoms with Gasteiger partial charge in [0.05, 0.1) is 7.11 Å². The summed E-state index contributed by atoms with van der Waals surface area (Å²) in [6.07, 6.45) is 0. The molecule has 0 unspecified atom stereocenters. The van der Waals surface area contributed by atoms with Crippen LogP contribution < -0.4 is 10.1 Å². The molecule has 0 amide bonds. The second kappa shape index (κ2) is 7.62. The Bertz CT molecular complexity index is 414. The van der Waals surface area contributed by atoms with Crippen molar-refractivity contribution in [2.24, 2.45) is 0 Å². The summed E-state index contributed by atoms with van der Waals surface area (Å²) in [6, 6.07) is 6.52. The molecule has 1 saturated heterocycles. The highest BCUT2D eigenvalue weighted by Gasteiger charge is 2.15. The lowest BCUT2D eigenvalue weighted by Crippen LogP contribution is -2.43. The van der Waals surface area contributed by atoms with Crippen molar-refractivity contribution in [3.05, 3.63) is 29.3 Å². The maximum Gasteiger partial charge on any atom is 0.123 e. The third kappa shape index (κ3) is 4.20. The van der Waals surface area contributed by atoms with Crippen molar-refractivity contribution >= 4 is 0 Å². The number of hydrogen-bond acceptors (Lipinski definition) is 4. The summed E-state index contributed by atoms with van der Waals surface area (Å²) in [4.78, 5) is 4.89. The average Bonchev–Trinajstić information content (AvgIpc) is 2.48.